The zero-order valence-corrected chi connectivity index (χ0v) is 12.0. The van der Waals surface area contributed by atoms with E-state index >= 15 is 0 Å². The van der Waals surface area contributed by atoms with Gasteiger partial charge >= 0.3 is 0 Å². The fourth-order valence-corrected chi connectivity index (χ4v) is 2.61. The molecule has 1 aliphatic rings. The van der Waals surface area contributed by atoms with Crippen LogP contribution in [-0.2, 0) is 0 Å². The Morgan fingerprint density at radius 1 is 1.50 bits per heavy atom. The van der Waals surface area contributed by atoms with Gasteiger partial charge in [0.1, 0.15) is 0 Å². The molecule has 3 atom stereocenters. The van der Waals surface area contributed by atoms with Crippen LogP contribution < -0.4 is 10.2 Å². The van der Waals surface area contributed by atoms with E-state index in [1.165, 1.54) is 17.7 Å². The summed E-state index contributed by atoms with van der Waals surface area (Å²) in [6, 6.07) is 3.36. The molecule has 1 saturated heterocycles. The molecule has 1 N–H and O–H groups in total. The van der Waals surface area contributed by atoms with Gasteiger partial charge in [0.05, 0.1) is 11.9 Å². The van der Waals surface area contributed by atoms with Crippen molar-refractivity contribution in [2.75, 3.05) is 18.0 Å². The van der Waals surface area contributed by atoms with E-state index in [0.717, 1.165) is 19.0 Å². The lowest BCUT2D eigenvalue weighted by molar-refractivity contribution is 0.315. The second-order valence-electron chi connectivity index (χ2n) is 5.62. The van der Waals surface area contributed by atoms with Crippen LogP contribution in [-0.4, -0.2) is 30.2 Å². The summed E-state index contributed by atoms with van der Waals surface area (Å²) in [6.07, 6.45) is 5.14. The molecule has 1 aromatic rings. The number of hydrogen-bond donors (Lipinski definition) is 1. The molecule has 0 radical (unpaired) electrons. The molecule has 2 rings (SSSR count). The summed E-state index contributed by atoms with van der Waals surface area (Å²) in [5.74, 6) is 0.720. The third kappa shape index (κ3) is 2.83. The van der Waals surface area contributed by atoms with Crippen LogP contribution in [0.4, 0.5) is 5.69 Å². The molecule has 0 spiro atoms. The zero-order chi connectivity index (χ0) is 13.1. The lowest BCUT2D eigenvalue weighted by atomic mass is 9.95. The maximum atomic E-state index is 4.32. The van der Waals surface area contributed by atoms with E-state index in [1.54, 1.807) is 0 Å². The van der Waals surface area contributed by atoms with Gasteiger partial charge in [-0.15, -0.1) is 0 Å². The number of nitrogens with one attached hydrogen (secondary N) is 1. The van der Waals surface area contributed by atoms with Crippen LogP contribution in [0.1, 0.15) is 32.8 Å². The average Bonchev–Trinajstić information content (AvgIpc) is 2.38. The van der Waals surface area contributed by atoms with Crippen molar-refractivity contribution >= 4 is 5.69 Å². The number of aryl methyl sites for hydroxylation is 1. The van der Waals surface area contributed by atoms with Gasteiger partial charge in [0.25, 0.3) is 0 Å². The standard InChI is InChI=1S/C15H25N3/c1-5-12(3)15-10-18(13(4)8-17-15)14-6-11(2)7-16-9-14/h6-7,9,12-13,15,17H,5,8,10H2,1-4H3. The highest BCUT2D eigenvalue weighted by Crippen LogP contribution is 2.22. The highest BCUT2D eigenvalue weighted by Gasteiger charge is 2.27. The van der Waals surface area contributed by atoms with Crippen molar-refractivity contribution in [3.63, 3.8) is 0 Å². The molecule has 1 aliphatic heterocycles. The predicted molar refractivity (Wildman–Crippen MR) is 77.0 cm³/mol. The molecule has 18 heavy (non-hydrogen) atoms. The normalized spacial score (nSPS) is 26.1. The monoisotopic (exact) mass is 247 g/mol. The lowest BCUT2D eigenvalue weighted by Gasteiger charge is -2.42. The van der Waals surface area contributed by atoms with Crippen molar-refractivity contribution in [1.82, 2.24) is 10.3 Å². The maximum absolute atomic E-state index is 4.32. The molecule has 0 aliphatic carbocycles. The van der Waals surface area contributed by atoms with Crippen molar-refractivity contribution in [1.29, 1.82) is 0 Å². The highest BCUT2D eigenvalue weighted by atomic mass is 15.2. The van der Waals surface area contributed by atoms with Gasteiger partial charge in [0.15, 0.2) is 0 Å². The topological polar surface area (TPSA) is 28.2 Å². The molecule has 2 heterocycles. The van der Waals surface area contributed by atoms with Gasteiger partial charge in [-0.05, 0) is 31.4 Å². The largest absolute Gasteiger partial charge is 0.365 e. The van der Waals surface area contributed by atoms with Gasteiger partial charge in [-0.2, -0.15) is 0 Å². The first-order valence-electron chi connectivity index (χ1n) is 7.03. The minimum Gasteiger partial charge on any atom is -0.365 e. The van der Waals surface area contributed by atoms with Crippen molar-refractivity contribution in [3.8, 4) is 0 Å². The maximum Gasteiger partial charge on any atom is 0.0558 e. The van der Waals surface area contributed by atoms with Gasteiger partial charge in [-0.25, -0.2) is 0 Å². The van der Waals surface area contributed by atoms with E-state index in [2.05, 4.69) is 49.0 Å². The summed E-state index contributed by atoms with van der Waals surface area (Å²) in [6.45, 7) is 11.1. The average molecular weight is 247 g/mol. The van der Waals surface area contributed by atoms with Crippen molar-refractivity contribution in [3.05, 3.63) is 24.0 Å². The number of piperazine rings is 1. The Kier molecular flexibility index (Phi) is 4.23. The lowest BCUT2D eigenvalue weighted by Crippen LogP contribution is -2.57. The highest BCUT2D eigenvalue weighted by molar-refractivity contribution is 5.47. The number of anilines is 1. The molecule has 100 valence electrons. The Balaban J connectivity index is 2.15. The summed E-state index contributed by atoms with van der Waals surface area (Å²) in [4.78, 5) is 6.82. The van der Waals surface area contributed by atoms with E-state index in [-0.39, 0.29) is 0 Å². The SMILES string of the molecule is CCC(C)C1CN(c2cncc(C)c2)C(C)CN1. The van der Waals surface area contributed by atoms with E-state index in [0.29, 0.717) is 12.1 Å². The third-order valence-electron chi connectivity index (χ3n) is 4.12. The fourth-order valence-electron chi connectivity index (χ4n) is 2.61. The van der Waals surface area contributed by atoms with E-state index < -0.39 is 0 Å². The fraction of sp³-hybridized carbons (Fsp3) is 0.667. The van der Waals surface area contributed by atoms with E-state index in [4.69, 9.17) is 0 Å². The van der Waals surface area contributed by atoms with Gasteiger partial charge in [0.2, 0.25) is 0 Å². The van der Waals surface area contributed by atoms with Crippen LogP contribution >= 0.6 is 0 Å². The number of nitrogens with zero attached hydrogens (tertiary/aromatic N) is 2. The third-order valence-corrected chi connectivity index (χ3v) is 4.12. The quantitative estimate of drug-likeness (QED) is 0.890. The number of rotatable bonds is 3. The predicted octanol–water partition coefficient (Wildman–Crippen LogP) is 2.60. The summed E-state index contributed by atoms with van der Waals surface area (Å²) < 4.78 is 0. The van der Waals surface area contributed by atoms with Crippen molar-refractivity contribution in [2.45, 2.75) is 46.2 Å². The summed E-state index contributed by atoms with van der Waals surface area (Å²) in [5, 5.41) is 3.67. The molecule has 1 fully saturated rings. The van der Waals surface area contributed by atoms with Crippen LogP contribution in [0.2, 0.25) is 0 Å². The summed E-state index contributed by atoms with van der Waals surface area (Å²) in [7, 11) is 0. The molecule has 1 aromatic heterocycles. The van der Waals surface area contributed by atoms with Crippen LogP contribution in [0.5, 0.6) is 0 Å². The summed E-state index contributed by atoms with van der Waals surface area (Å²) in [5.41, 5.74) is 2.50. The molecular formula is C15H25N3. The van der Waals surface area contributed by atoms with Gasteiger partial charge < -0.3 is 10.2 Å². The molecule has 3 unspecified atom stereocenters. The van der Waals surface area contributed by atoms with Crippen LogP contribution in [0, 0.1) is 12.8 Å². The second-order valence-corrected chi connectivity index (χ2v) is 5.62. The second kappa shape index (κ2) is 5.70. The first-order valence-corrected chi connectivity index (χ1v) is 7.03. The molecule has 0 saturated carbocycles. The molecule has 0 amide bonds. The van der Waals surface area contributed by atoms with Crippen molar-refractivity contribution in [2.24, 2.45) is 5.92 Å². The smallest absolute Gasteiger partial charge is 0.0558 e. The number of hydrogen-bond acceptors (Lipinski definition) is 3. The van der Waals surface area contributed by atoms with Gasteiger partial charge in [-0.1, -0.05) is 20.3 Å². The molecule has 3 heteroatoms. The Labute approximate surface area is 111 Å². The van der Waals surface area contributed by atoms with E-state index in [1.807, 2.05) is 12.4 Å². The summed E-state index contributed by atoms with van der Waals surface area (Å²) >= 11 is 0. The molecule has 3 nitrogen and oxygen atoms in total. The minimum absolute atomic E-state index is 0.536. The molecular weight excluding hydrogens is 222 g/mol. The number of pyridine rings is 1. The number of aromatic nitrogens is 1. The Hall–Kier alpha value is -1.09. The van der Waals surface area contributed by atoms with Crippen molar-refractivity contribution < 1.29 is 0 Å². The minimum atomic E-state index is 0.536. The molecule has 0 aromatic carbocycles. The Morgan fingerprint density at radius 3 is 2.94 bits per heavy atom. The van der Waals surface area contributed by atoms with Gasteiger partial charge in [0, 0.05) is 31.4 Å². The zero-order valence-electron chi connectivity index (χ0n) is 12.0. The van der Waals surface area contributed by atoms with Crippen LogP contribution in [0.3, 0.4) is 0 Å². The first-order chi connectivity index (χ1) is 8.61. The first kappa shape index (κ1) is 13.3. The van der Waals surface area contributed by atoms with Gasteiger partial charge in [-0.3, -0.25) is 4.98 Å². The molecule has 0 bridgehead atoms. The van der Waals surface area contributed by atoms with Crippen LogP contribution in [0.25, 0.3) is 0 Å². The Bertz CT molecular complexity index is 391. The Morgan fingerprint density at radius 2 is 2.28 bits per heavy atom. The van der Waals surface area contributed by atoms with E-state index in [9.17, 15) is 0 Å². The van der Waals surface area contributed by atoms with Crippen LogP contribution in [0.15, 0.2) is 18.5 Å².